The van der Waals surface area contributed by atoms with Gasteiger partial charge in [0, 0.05) is 18.0 Å². The predicted octanol–water partition coefficient (Wildman–Crippen LogP) is 2.34. The fourth-order valence-corrected chi connectivity index (χ4v) is 2.11. The molecule has 1 atom stereocenters. The number of alkyl halides is 3. The Morgan fingerprint density at radius 1 is 1.29 bits per heavy atom. The Bertz CT molecular complexity index is 545. The average Bonchev–Trinajstić information content (AvgIpc) is 2.42. The van der Waals surface area contributed by atoms with Gasteiger partial charge in [-0.05, 0) is 12.5 Å². The molecule has 21 heavy (non-hydrogen) atoms. The van der Waals surface area contributed by atoms with Crippen LogP contribution in [0.2, 0.25) is 0 Å². The molecule has 1 aliphatic heterocycles. The van der Waals surface area contributed by atoms with Gasteiger partial charge in [-0.1, -0.05) is 6.07 Å². The summed E-state index contributed by atoms with van der Waals surface area (Å²) in [6, 6.07) is 1.35. The van der Waals surface area contributed by atoms with Crippen LogP contribution in [0.1, 0.15) is 30.0 Å². The Morgan fingerprint density at radius 2 is 1.90 bits per heavy atom. The highest BCUT2D eigenvalue weighted by atomic mass is 19.4. The molecule has 0 aliphatic carbocycles. The number of hydrogen-bond donors (Lipinski definition) is 2. The molecule has 0 saturated carbocycles. The molecule has 8 heteroatoms. The fraction of sp³-hybridized carbons (Fsp3) is 0.462. The maximum Gasteiger partial charge on any atom is 0.420 e. The van der Waals surface area contributed by atoms with Gasteiger partial charge in [-0.25, -0.2) is 0 Å². The lowest BCUT2D eigenvalue weighted by Crippen LogP contribution is -2.22. The Labute approximate surface area is 118 Å². The third kappa shape index (κ3) is 3.38. The molecule has 1 aromatic carbocycles. The number of aliphatic carboxylic acids is 1. The highest BCUT2D eigenvalue weighted by Crippen LogP contribution is 2.46. The van der Waals surface area contributed by atoms with Crippen LogP contribution in [0.15, 0.2) is 12.1 Å². The van der Waals surface area contributed by atoms with Crippen molar-refractivity contribution in [3.63, 3.8) is 0 Å². The fourth-order valence-electron chi connectivity index (χ4n) is 2.11. The van der Waals surface area contributed by atoms with E-state index < -0.39 is 23.8 Å². The smallest absolute Gasteiger partial charge is 0.420 e. The molecule has 0 bridgehead atoms. The number of nitrogens with two attached hydrogens (primary N) is 1. The first-order chi connectivity index (χ1) is 9.80. The molecule has 0 spiro atoms. The largest absolute Gasteiger partial charge is 0.486 e. The molecular formula is C13H14F3NO4. The topological polar surface area (TPSA) is 81.8 Å². The Hall–Kier alpha value is -1.96. The van der Waals surface area contributed by atoms with Gasteiger partial charge in [0.2, 0.25) is 0 Å². The van der Waals surface area contributed by atoms with Gasteiger partial charge in [0.15, 0.2) is 11.5 Å². The number of carboxylic acid groups (broad SMARTS) is 1. The minimum absolute atomic E-state index is 0.0178. The second kappa shape index (κ2) is 5.80. The van der Waals surface area contributed by atoms with Crippen LogP contribution in [0.3, 0.4) is 0 Å². The van der Waals surface area contributed by atoms with Crippen LogP contribution < -0.4 is 15.2 Å². The average molecular weight is 305 g/mol. The van der Waals surface area contributed by atoms with E-state index in [0.29, 0.717) is 5.56 Å². The van der Waals surface area contributed by atoms with Crippen LogP contribution in [-0.4, -0.2) is 24.3 Å². The minimum atomic E-state index is -4.56. The van der Waals surface area contributed by atoms with Crippen molar-refractivity contribution in [3.8, 4) is 11.5 Å². The summed E-state index contributed by atoms with van der Waals surface area (Å²) >= 11 is 0. The molecule has 1 unspecified atom stereocenters. The van der Waals surface area contributed by atoms with Crippen LogP contribution in [0.4, 0.5) is 13.2 Å². The number of benzene rings is 1. The number of ether oxygens (including phenoxy) is 2. The number of fused-ring (bicyclic) bond motifs is 1. The molecule has 1 aromatic rings. The summed E-state index contributed by atoms with van der Waals surface area (Å²) in [7, 11) is 0. The lowest BCUT2D eigenvalue weighted by Gasteiger charge is -2.26. The molecule has 0 saturated heterocycles. The van der Waals surface area contributed by atoms with Gasteiger partial charge in [-0.15, -0.1) is 0 Å². The van der Waals surface area contributed by atoms with E-state index in [1.54, 1.807) is 0 Å². The molecule has 0 aromatic heterocycles. The summed E-state index contributed by atoms with van der Waals surface area (Å²) in [4.78, 5) is 10.5. The van der Waals surface area contributed by atoms with E-state index in [0.717, 1.165) is 6.07 Å². The lowest BCUT2D eigenvalue weighted by molar-refractivity contribution is -0.139. The van der Waals surface area contributed by atoms with E-state index >= 15 is 0 Å². The number of halogens is 3. The number of hydrogen-bond acceptors (Lipinski definition) is 4. The minimum Gasteiger partial charge on any atom is -0.486 e. The van der Waals surface area contributed by atoms with Crippen LogP contribution >= 0.6 is 0 Å². The van der Waals surface area contributed by atoms with Gasteiger partial charge < -0.3 is 20.3 Å². The zero-order valence-corrected chi connectivity index (χ0v) is 10.9. The molecule has 1 heterocycles. The van der Waals surface area contributed by atoms with Crippen LogP contribution in [-0.2, 0) is 11.0 Å². The SMILES string of the molecule is NC(CCC(=O)O)c1ccc(C(F)(F)F)c2c1OCCO2. The molecule has 3 N–H and O–H groups in total. The van der Waals surface area contributed by atoms with E-state index in [4.69, 9.17) is 20.3 Å². The number of carbonyl (C=O) groups is 1. The van der Waals surface area contributed by atoms with Crippen molar-refractivity contribution < 1.29 is 32.5 Å². The van der Waals surface area contributed by atoms with Crippen molar-refractivity contribution >= 4 is 5.97 Å². The third-order valence-corrected chi connectivity index (χ3v) is 3.09. The van der Waals surface area contributed by atoms with Crippen molar-refractivity contribution in [1.82, 2.24) is 0 Å². The molecule has 0 fully saturated rings. The van der Waals surface area contributed by atoms with Crippen molar-refractivity contribution in [2.45, 2.75) is 25.1 Å². The molecule has 116 valence electrons. The molecular weight excluding hydrogens is 291 g/mol. The first-order valence-corrected chi connectivity index (χ1v) is 6.27. The summed E-state index contributed by atoms with van der Waals surface area (Å²) in [6.45, 7) is 0.136. The maximum absolute atomic E-state index is 12.9. The molecule has 2 rings (SSSR count). The Morgan fingerprint density at radius 3 is 2.48 bits per heavy atom. The highest BCUT2D eigenvalue weighted by Gasteiger charge is 2.38. The molecule has 0 radical (unpaired) electrons. The summed E-state index contributed by atoms with van der Waals surface area (Å²) in [5, 5.41) is 8.64. The van der Waals surface area contributed by atoms with Crippen molar-refractivity contribution in [2.75, 3.05) is 13.2 Å². The number of carboxylic acids is 1. The van der Waals surface area contributed by atoms with Gasteiger partial charge in [-0.3, -0.25) is 4.79 Å². The monoisotopic (exact) mass is 305 g/mol. The third-order valence-electron chi connectivity index (χ3n) is 3.09. The van der Waals surface area contributed by atoms with Crippen molar-refractivity contribution in [3.05, 3.63) is 23.3 Å². The van der Waals surface area contributed by atoms with E-state index in [2.05, 4.69) is 0 Å². The van der Waals surface area contributed by atoms with Gasteiger partial charge in [0.1, 0.15) is 18.8 Å². The van der Waals surface area contributed by atoms with Gasteiger partial charge >= 0.3 is 12.1 Å². The second-order valence-corrected chi connectivity index (χ2v) is 4.59. The van der Waals surface area contributed by atoms with E-state index in [1.807, 2.05) is 0 Å². The maximum atomic E-state index is 12.9. The Kier molecular flexibility index (Phi) is 4.26. The van der Waals surface area contributed by atoms with Gasteiger partial charge in [0.25, 0.3) is 0 Å². The van der Waals surface area contributed by atoms with Gasteiger partial charge in [-0.2, -0.15) is 13.2 Å². The standard InChI is InChI=1S/C13H14F3NO4/c14-13(15,16)8-2-1-7(9(17)3-4-10(18)19)11-12(8)21-6-5-20-11/h1-2,9H,3-6,17H2,(H,18,19). The highest BCUT2D eigenvalue weighted by molar-refractivity contribution is 5.66. The van der Waals surface area contributed by atoms with E-state index in [1.165, 1.54) is 6.07 Å². The summed E-state index contributed by atoms with van der Waals surface area (Å²) < 4.78 is 49.1. The van der Waals surface area contributed by atoms with Crippen molar-refractivity contribution in [2.24, 2.45) is 5.73 Å². The molecule has 5 nitrogen and oxygen atoms in total. The predicted molar refractivity (Wildman–Crippen MR) is 66.2 cm³/mol. The zero-order valence-electron chi connectivity index (χ0n) is 10.9. The first kappa shape index (κ1) is 15.4. The first-order valence-electron chi connectivity index (χ1n) is 6.27. The van der Waals surface area contributed by atoms with E-state index in [-0.39, 0.29) is 37.6 Å². The second-order valence-electron chi connectivity index (χ2n) is 4.59. The van der Waals surface area contributed by atoms with E-state index in [9.17, 15) is 18.0 Å². The summed E-state index contributed by atoms with van der Waals surface area (Å²) in [5.74, 6) is -1.45. The summed E-state index contributed by atoms with van der Waals surface area (Å²) in [6.07, 6.45) is -4.65. The summed E-state index contributed by atoms with van der Waals surface area (Å²) in [5.41, 5.74) is 5.24. The Balaban J connectivity index is 2.38. The molecule has 0 amide bonds. The quantitative estimate of drug-likeness (QED) is 0.892. The van der Waals surface area contributed by atoms with Crippen LogP contribution in [0, 0.1) is 0 Å². The van der Waals surface area contributed by atoms with Crippen LogP contribution in [0.5, 0.6) is 11.5 Å². The van der Waals surface area contributed by atoms with Crippen molar-refractivity contribution in [1.29, 1.82) is 0 Å². The molecule has 1 aliphatic rings. The van der Waals surface area contributed by atoms with Crippen LogP contribution in [0.25, 0.3) is 0 Å². The zero-order chi connectivity index (χ0) is 15.6. The normalized spacial score (nSPS) is 15.6. The lowest BCUT2D eigenvalue weighted by atomic mass is 9.98. The number of rotatable bonds is 4. The van der Waals surface area contributed by atoms with Gasteiger partial charge in [0.05, 0.1) is 0 Å².